The number of carbonyl (C=O) groups excluding carboxylic acids is 2. The van der Waals surface area contributed by atoms with Crippen molar-refractivity contribution in [3.63, 3.8) is 0 Å². The molecule has 0 aliphatic rings. The van der Waals surface area contributed by atoms with Crippen LogP contribution in [0.1, 0.15) is 28.8 Å². The summed E-state index contributed by atoms with van der Waals surface area (Å²) < 4.78 is 5.64. The van der Waals surface area contributed by atoms with Gasteiger partial charge in [-0.2, -0.15) is 11.8 Å². The molecule has 5 nitrogen and oxygen atoms in total. The van der Waals surface area contributed by atoms with E-state index in [2.05, 4.69) is 22.8 Å². The molecule has 2 rings (SSSR count). The first-order valence-corrected chi connectivity index (χ1v) is 12.3. The standard InChI is InChI=1S/C23H28Cl2N2O3S/c1-31-15-11-21(27-22(28)19-9-8-18(24)16-20(19)25)23(29)26-12-5-13-30-14-10-17-6-3-2-4-7-17/h2-4,6-9,16,21H,5,10-15H2,1H3,(H,26,29)(H,27,28). The maximum absolute atomic E-state index is 12.6. The Morgan fingerprint density at radius 1 is 1.10 bits per heavy atom. The Labute approximate surface area is 198 Å². The molecule has 0 radical (unpaired) electrons. The van der Waals surface area contributed by atoms with E-state index < -0.39 is 11.9 Å². The van der Waals surface area contributed by atoms with Gasteiger partial charge in [-0.25, -0.2) is 0 Å². The summed E-state index contributed by atoms with van der Waals surface area (Å²) >= 11 is 13.6. The molecule has 1 atom stereocenters. The maximum atomic E-state index is 12.6. The number of ether oxygens (including phenoxy) is 1. The van der Waals surface area contributed by atoms with Crippen molar-refractivity contribution in [1.29, 1.82) is 0 Å². The minimum atomic E-state index is -0.634. The predicted molar refractivity (Wildman–Crippen MR) is 129 cm³/mol. The van der Waals surface area contributed by atoms with E-state index in [9.17, 15) is 9.59 Å². The number of amides is 2. The topological polar surface area (TPSA) is 67.4 Å². The lowest BCUT2D eigenvalue weighted by atomic mass is 10.1. The lowest BCUT2D eigenvalue weighted by Crippen LogP contribution is -2.47. The average Bonchev–Trinajstić information content (AvgIpc) is 2.76. The van der Waals surface area contributed by atoms with Crippen molar-refractivity contribution in [3.05, 3.63) is 69.7 Å². The minimum absolute atomic E-state index is 0.211. The van der Waals surface area contributed by atoms with Crippen LogP contribution in [0.25, 0.3) is 0 Å². The molecule has 31 heavy (non-hydrogen) atoms. The summed E-state index contributed by atoms with van der Waals surface area (Å²) in [6.07, 6.45) is 4.05. The van der Waals surface area contributed by atoms with Crippen molar-refractivity contribution in [1.82, 2.24) is 10.6 Å². The van der Waals surface area contributed by atoms with Crippen LogP contribution in [0.15, 0.2) is 48.5 Å². The van der Waals surface area contributed by atoms with Gasteiger partial charge in [0.15, 0.2) is 0 Å². The lowest BCUT2D eigenvalue weighted by Gasteiger charge is -2.18. The van der Waals surface area contributed by atoms with Gasteiger partial charge in [0, 0.05) is 18.2 Å². The highest BCUT2D eigenvalue weighted by Crippen LogP contribution is 2.21. The van der Waals surface area contributed by atoms with E-state index in [1.807, 2.05) is 24.5 Å². The van der Waals surface area contributed by atoms with Crippen molar-refractivity contribution < 1.29 is 14.3 Å². The predicted octanol–water partition coefficient (Wildman–Crippen LogP) is 4.61. The van der Waals surface area contributed by atoms with Gasteiger partial charge in [-0.1, -0.05) is 53.5 Å². The van der Waals surface area contributed by atoms with Crippen LogP contribution in [0.3, 0.4) is 0 Å². The molecule has 2 amide bonds. The van der Waals surface area contributed by atoms with Gasteiger partial charge in [-0.3, -0.25) is 9.59 Å². The Balaban J connectivity index is 1.74. The van der Waals surface area contributed by atoms with Crippen LogP contribution in [0.5, 0.6) is 0 Å². The summed E-state index contributed by atoms with van der Waals surface area (Å²) in [6, 6.07) is 14.2. The molecule has 1 unspecified atom stereocenters. The van der Waals surface area contributed by atoms with E-state index >= 15 is 0 Å². The molecule has 0 heterocycles. The molecule has 0 aromatic heterocycles. The summed E-state index contributed by atoms with van der Waals surface area (Å²) in [4.78, 5) is 25.2. The highest BCUT2D eigenvalue weighted by molar-refractivity contribution is 7.98. The zero-order chi connectivity index (χ0) is 22.5. The third-order valence-electron chi connectivity index (χ3n) is 4.55. The van der Waals surface area contributed by atoms with Gasteiger partial charge in [0.2, 0.25) is 5.91 Å². The lowest BCUT2D eigenvalue weighted by molar-refractivity contribution is -0.123. The normalized spacial score (nSPS) is 11.7. The molecule has 2 N–H and O–H groups in total. The van der Waals surface area contributed by atoms with E-state index in [0.29, 0.717) is 43.2 Å². The fraction of sp³-hybridized carbons (Fsp3) is 0.391. The van der Waals surface area contributed by atoms with Crippen LogP contribution in [-0.4, -0.2) is 49.6 Å². The van der Waals surface area contributed by atoms with Crippen molar-refractivity contribution in [2.45, 2.75) is 25.3 Å². The van der Waals surface area contributed by atoms with Gasteiger partial charge in [-0.05, 0) is 55.0 Å². The van der Waals surface area contributed by atoms with Crippen LogP contribution in [-0.2, 0) is 16.0 Å². The molecule has 0 saturated carbocycles. The molecular formula is C23H28Cl2N2O3S. The minimum Gasteiger partial charge on any atom is -0.381 e. The second-order valence-corrected chi connectivity index (χ2v) is 8.75. The van der Waals surface area contributed by atoms with E-state index in [4.69, 9.17) is 27.9 Å². The number of hydrogen-bond donors (Lipinski definition) is 2. The largest absolute Gasteiger partial charge is 0.381 e. The molecule has 0 saturated heterocycles. The number of hydrogen-bond acceptors (Lipinski definition) is 4. The highest BCUT2D eigenvalue weighted by Gasteiger charge is 2.22. The molecule has 0 spiro atoms. The summed E-state index contributed by atoms with van der Waals surface area (Å²) in [5.74, 6) is 0.138. The van der Waals surface area contributed by atoms with Gasteiger partial charge in [0.25, 0.3) is 5.91 Å². The van der Waals surface area contributed by atoms with Crippen LogP contribution in [0, 0.1) is 0 Å². The maximum Gasteiger partial charge on any atom is 0.253 e. The number of benzene rings is 2. The molecular weight excluding hydrogens is 455 g/mol. The van der Waals surface area contributed by atoms with Gasteiger partial charge in [0.05, 0.1) is 17.2 Å². The Bertz CT molecular complexity index is 837. The second-order valence-electron chi connectivity index (χ2n) is 6.92. The van der Waals surface area contributed by atoms with E-state index in [-0.39, 0.29) is 10.9 Å². The second kappa shape index (κ2) is 14.4. The Morgan fingerprint density at radius 2 is 1.87 bits per heavy atom. The highest BCUT2D eigenvalue weighted by atomic mass is 35.5. The zero-order valence-corrected chi connectivity index (χ0v) is 19.9. The number of thioether (sulfide) groups is 1. The number of halogens is 2. The fourth-order valence-electron chi connectivity index (χ4n) is 2.86. The molecule has 0 fully saturated rings. The summed E-state index contributed by atoms with van der Waals surface area (Å²) in [7, 11) is 0. The summed E-state index contributed by atoms with van der Waals surface area (Å²) in [6.45, 7) is 1.69. The van der Waals surface area contributed by atoms with Crippen molar-refractivity contribution >= 4 is 46.8 Å². The van der Waals surface area contributed by atoms with E-state index in [1.54, 1.807) is 23.9 Å². The van der Waals surface area contributed by atoms with Gasteiger partial charge >= 0.3 is 0 Å². The number of nitrogens with one attached hydrogen (secondary N) is 2. The molecule has 168 valence electrons. The van der Waals surface area contributed by atoms with Gasteiger partial charge in [0.1, 0.15) is 6.04 Å². The molecule has 2 aromatic rings. The first kappa shape index (κ1) is 25.5. The molecule has 0 bridgehead atoms. The van der Waals surface area contributed by atoms with Gasteiger partial charge in [-0.15, -0.1) is 0 Å². The fourth-order valence-corrected chi connectivity index (χ4v) is 3.83. The van der Waals surface area contributed by atoms with Crippen molar-refractivity contribution in [2.75, 3.05) is 31.8 Å². The first-order chi connectivity index (χ1) is 15.0. The van der Waals surface area contributed by atoms with Crippen LogP contribution < -0.4 is 10.6 Å². The van der Waals surface area contributed by atoms with Crippen molar-refractivity contribution in [2.24, 2.45) is 0 Å². The third kappa shape index (κ3) is 9.52. The molecule has 8 heteroatoms. The molecule has 0 aliphatic carbocycles. The SMILES string of the molecule is CSCCC(NC(=O)c1ccc(Cl)cc1Cl)C(=O)NCCCOCCc1ccccc1. The average molecular weight is 483 g/mol. The quantitative estimate of drug-likeness (QED) is 0.409. The number of rotatable bonds is 13. The third-order valence-corrected chi connectivity index (χ3v) is 5.74. The molecule has 2 aromatic carbocycles. The Kier molecular flexibility index (Phi) is 11.8. The van der Waals surface area contributed by atoms with Crippen LogP contribution >= 0.6 is 35.0 Å². The van der Waals surface area contributed by atoms with E-state index in [1.165, 1.54) is 11.6 Å². The summed E-state index contributed by atoms with van der Waals surface area (Å²) in [5, 5.41) is 6.37. The van der Waals surface area contributed by atoms with Gasteiger partial charge < -0.3 is 15.4 Å². The Morgan fingerprint density at radius 3 is 2.58 bits per heavy atom. The monoisotopic (exact) mass is 482 g/mol. The van der Waals surface area contributed by atoms with E-state index in [0.717, 1.165) is 12.2 Å². The summed E-state index contributed by atoms with van der Waals surface area (Å²) in [5.41, 5.74) is 1.53. The van der Waals surface area contributed by atoms with Crippen LogP contribution in [0.2, 0.25) is 10.0 Å². The van der Waals surface area contributed by atoms with Crippen LogP contribution in [0.4, 0.5) is 0 Å². The zero-order valence-electron chi connectivity index (χ0n) is 17.5. The Hall–Kier alpha value is -1.73. The molecule has 0 aliphatic heterocycles. The number of carbonyl (C=O) groups is 2. The smallest absolute Gasteiger partial charge is 0.253 e. The first-order valence-electron chi connectivity index (χ1n) is 10.2. The van der Waals surface area contributed by atoms with Crippen molar-refractivity contribution in [3.8, 4) is 0 Å².